The molecule has 0 aliphatic carbocycles. The summed E-state index contributed by atoms with van der Waals surface area (Å²) in [7, 11) is 1.75. The predicted molar refractivity (Wildman–Crippen MR) is 104 cm³/mol. The molecule has 7 heteroatoms. The lowest BCUT2D eigenvalue weighted by Gasteiger charge is -2.49. The molecule has 3 saturated heterocycles. The number of aromatic nitrogens is 1. The van der Waals surface area contributed by atoms with E-state index in [1.54, 1.807) is 18.1 Å². The second kappa shape index (κ2) is 6.63. The van der Waals surface area contributed by atoms with Crippen molar-refractivity contribution in [3.63, 3.8) is 0 Å². The predicted octanol–water partition coefficient (Wildman–Crippen LogP) is 2.49. The number of amides is 2. The third kappa shape index (κ3) is 2.99. The number of nitrogens with zero attached hydrogens (tertiary/aromatic N) is 3. The zero-order chi connectivity index (χ0) is 18.4. The average Bonchev–Trinajstić information content (AvgIpc) is 3.07. The van der Waals surface area contributed by atoms with Crippen molar-refractivity contribution < 1.29 is 9.59 Å². The van der Waals surface area contributed by atoms with Gasteiger partial charge in [0.25, 0.3) is 5.91 Å². The van der Waals surface area contributed by atoms with Crippen molar-refractivity contribution in [1.82, 2.24) is 15.2 Å². The molecule has 2 bridgehead atoms. The Hall–Kier alpha value is -1.99. The topological polar surface area (TPSA) is 65.5 Å². The van der Waals surface area contributed by atoms with Gasteiger partial charge in [0.15, 0.2) is 0 Å². The van der Waals surface area contributed by atoms with Crippen molar-refractivity contribution in [2.45, 2.75) is 38.8 Å². The van der Waals surface area contributed by atoms with Crippen molar-refractivity contribution in [2.24, 2.45) is 5.92 Å². The third-order valence-corrected chi connectivity index (χ3v) is 7.07. The van der Waals surface area contributed by atoms with Gasteiger partial charge in [-0.05, 0) is 50.9 Å². The summed E-state index contributed by atoms with van der Waals surface area (Å²) < 4.78 is 0.968. The molecule has 5 rings (SSSR count). The standard InChI is InChI=1S/C19H24N4O2S/c1-11-18(13-4-6-23(11)7-5-13)21-19(25)15-9-16-14(10-20-15)8-17(26-16)22(3)12(2)24/h8-11,13,18H,4-7H2,1-3H3,(H,21,25)/t11-,18-/m0/s1. The molecule has 3 aliphatic rings. The van der Waals surface area contributed by atoms with E-state index in [1.165, 1.54) is 18.3 Å². The smallest absolute Gasteiger partial charge is 0.270 e. The highest BCUT2D eigenvalue weighted by atomic mass is 32.1. The largest absolute Gasteiger partial charge is 0.346 e. The zero-order valence-electron chi connectivity index (χ0n) is 15.4. The summed E-state index contributed by atoms with van der Waals surface area (Å²) in [4.78, 5) is 32.8. The lowest BCUT2D eigenvalue weighted by atomic mass is 9.79. The SMILES string of the molecule is CC(=O)N(C)c1cc2cnc(C(=O)N[C@@H]3C4CCN(CC4)[C@H]3C)cc2s1. The Kier molecular flexibility index (Phi) is 4.44. The van der Waals surface area contributed by atoms with E-state index in [2.05, 4.69) is 22.1 Å². The number of fused-ring (bicyclic) bond motifs is 4. The van der Waals surface area contributed by atoms with Crippen molar-refractivity contribution in [1.29, 1.82) is 0 Å². The van der Waals surface area contributed by atoms with Gasteiger partial charge >= 0.3 is 0 Å². The maximum atomic E-state index is 12.8. The molecule has 0 unspecified atom stereocenters. The fourth-order valence-electron chi connectivity index (χ4n) is 4.13. The summed E-state index contributed by atoms with van der Waals surface area (Å²) in [5, 5.41) is 5.03. The minimum absolute atomic E-state index is 0.0150. The Balaban J connectivity index is 1.54. The van der Waals surface area contributed by atoms with Crippen LogP contribution in [0.3, 0.4) is 0 Å². The maximum Gasteiger partial charge on any atom is 0.270 e. The normalized spacial score (nSPS) is 27.5. The fraction of sp³-hybridized carbons (Fsp3) is 0.526. The van der Waals surface area contributed by atoms with Crippen LogP contribution in [0.25, 0.3) is 10.1 Å². The van der Waals surface area contributed by atoms with Gasteiger partial charge in [-0.2, -0.15) is 0 Å². The van der Waals surface area contributed by atoms with E-state index in [1.807, 2.05) is 12.1 Å². The number of pyridine rings is 1. The number of thiophene rings is 1. The summed E-state index contributed by atoms with van der Waals surface area (Å²) in [6.07, 6.45) is 4.04. The number of nitrogens with one attached hydrogen (secondary N) is 1. The van der Waals surface area contributed by atoms with Crippen LogP contribution in [0.4, 0.5) is 5.00 Å². The molecular weight excluding hydrogens is 348 g/mol. The quantitative estimate of drug-likeness (QED) is 0.899. The summed E-state index contributed by atoms with van der Waals surface area (Å²) >= 11 is 1.50. The summed E-state index contributed by atoms with van der Waals surface area (Å²) in [5.74, 6) is 0.450. The van der Waals surface area contributed by atoms with Crippen LogP contribution in [0, 0.1) is 5.92 Å². The lowest BCUT2D eigenvalue weighted by Crippen LogP contribution is -2.62. The molecule has 3 fully saturated rings. The highest BCUT2D eigenvalue weighted by Crippen LogP contribution is 2.33. The Morgan fingerprint density at radius 2 is 2.04 bits per heavy atom. The van der Waals surface area contributed by atoms with Crippen molar-refractivity contribution in [3.8, 4) is 0 Å². The highest BCUT2D eigenvalue weighted by molar-refractivity contribution is 7.23. The molecule has 0 aromatic carbocycles. The van der Waals surface area contributed by atoms with Crippen LogP contribution in [0.15, 0.2) is 18.3 Å². The van der Waals surface area contributed by atoms with Crippen LogP contribution in [0.2, 0.25) is 0 Å². The molecule has 0 saturated carbocycles. The van der Waals surface area contributed by atoms with Crippen LogP contribution in [-0.2, 0) is 4.79 Å². The van der Waals surface area contributed by atoms with Crippen LogP contribution in [-0.4, -0.2) is 53.9 Å². The monoisotopic (exact) mass is 372 g/mol. The van der Waals surface area contributed by atoms with Gasteiger partial charge in [-0.25, -0.2) is 0 Å². The second-order valence-electron chi connectivity index (χ2n) is 7.38. The summed E-state index contributed by atoms with van der Waals surface area (Å²) in [6, 6.07) is 4.35. The van der Waals surface area contributed by atoms with Gasteiger partial charge in [0.05, 0.1) is 5.00 Å². The number of hydrogen-bond donors (Lipinski definition) is 1. The van der Waals surface area contributed by atoms with Crippen LogP contribution in [0.5, 0.6) is 0 Å². The number of piperidine rings is 3. The minimum Gasteiger partial charge on any atom is -0.346 e. The van der Waals surface area contributed by atoms with Gasteiger partial charge in [-0.15, -0.1) is 11.3 Å². The van der Waals surface area contributed by atoms with Gasteiger partial charge in [-0.3, -0.25) is 19.5 Å². The number of anilines is 1. The first-order valence-corrected chi connectivity index (χ1v) is 9.94. The number of hydrogen-bond acceptors (Lipinski definition) is 5. The van der Waals surface area contributed by atoms with Crippen LogP contribution in [0.1, 0.15) is 37.2 Å². The Morgan fingerprint density at radius 1 is 1.31 bits per heavy atom. The number of rotatable bonds is 3. The van der Waals surface area contributed by atoms with E-state index in [0.717, 1.165) is 41.0 Å². The van der Waals surface area contributed by atoms with Gasteiger partial charge in [0, 0.05) is 42.3 Å². The van der Waals surface area contributed by atoms with E-state index in [4.69, 9.17) is 0 Å². The van der Waals surface area contributed by atoms with E-state index >= 15 is 0 Å². The Morgan fingerprint density at radius 3 is 2.69 bits per heavy atom. The molecule has 26 heavy (non-hydrogen) atoms. The number of carbonyl (C=O) groups excluding carboxylic acids is 2. The molecule has 2 amide bonds. The van der Waals surface area contributed by atoms with Crippen LogP contribution < -0.4 is 10.2 Å². The van der Waals surface area contributed by atoms with Crippen molar-refractivity contribution in [3.05, 3.63) is 24.0 Å². The number of carbonyl (C=O) groups is 2. The van der Waals surface area contributed by atoms with E-state index in [-0.39, 0.29) is 17.9 Å². The molecule has 6 nitrogen and oxygen atoms in total. The molecule has 1 N–H and O–H groups in total. The first kappa shape index (κ1) is 17.4. The zero-order valence-corrected chi connectivity index (χ0v) is 16.2. The summed E-state index contributed by atoms with van der Waals surface area (Å²) in [5.41, 5.74) is 0.444. The Bertz CT molecular complexity index is 854. The van der Waals surface area contributed by atoms with Gasteiger partial charge < -0.3 is 10.2 Å². The molecule has 5 heterocycles. The second-order valence-corrected chi connectivity index (χ2v) is 8.45. The van der Waals surface area contributed by atoms with E-state index in [9.17, 15) is 9.59 Å². The summed E-state index contributed by atoms with van der Waals surface area (Å²) in [6.45, 7) is 6.03. The molecule has 0 radical (unpaired) electrons. The van der Waals surface area contributed by atoms with Gasteiger partial charge in [-0.1, -0.05) is 0 Å². The molecule has 2 aromatic rings. The molecule has 0 spiro atoms. The fourth-order valence-corrected chi connectivity index (χ4v) is 5.21. The molecule has 3 aliphatic heterocycles. The maximum absolute atomic E-state index is 12.8. The molecular formula is C19H24N4O2S. The first-order chi connectivity index (χ1) is 12.4. The first-order valence-electron chi connectivity index (χ1n) is 9.13. The molecule has 2 atom stereocenters. The highest BCUT2D eigenvalue weighted by Gasteiger charge is 2.40. The average molecular weight is 372 g/mol. The molecule has 138 valence electrons. The van der Waals surface area contributed by atoms with E-state index in [0.29, 0.717) is 17.7 Å². The van der Waals surface area contributed by atoms with Gasteiger partial charge in [0.2, 0.25) is 5.91 Å². The third-order valence-electron chi connectivity index (χ3n) is 5.90. The van der Waals surface area contributed by atoms with Crippen LogP contribution >= 0.6 is 11.3 Å². The van der Waals surface area contributed by atoms with Crippen molar-refractivity contribution >= 4 is 38.2 Å². The van der Waals surface area contributed by atoms with Gasteiger partial charge in [0.1, 0.15) is 5.69 Å². The lowest BCUT2D eigenvalue weighted by molar-refractivity contribution is -0.116. The Labute approximate surface area is 157 Å². The van der Waals surface area contributed by atoms with Crippen molar-refractivity contribution in [2.75, 3.05) is 25.0 Å². The van der Waals surface area contributed by atoms with E-state index < -0.39 is 0 Å². The molecule has 2 aromatic heterocycles. The minimum atomic E-state index is -0.104.